The zero-order chi connectivity index (χ0) is 25.5. The molecule has 2 bridgehead atoms. The van der Waals surface area contributed by atoms with Crippen LogP contribution in [-0.4, -0.2) is 12.5 Å². The van der Waals surface area contributed by atoms with Crippen LogP contribution in [0.4, 0.5) is 0 Å². The second-order valence-electron chi connectivity index (χ2n) is 11.1. The molecule has 2 heteroatoms. The number of hydrogen-bond donors (Lipinski definition) is 1. The molecule has 0 heterocycles. The molecule has 3 aromatic rings. The quantitative estimate of drug-likeness (QED) is 0.154. The van der Waals surface area contributed by atoms with Crippen molar-refractivity contribution in [1.29, 1.82) is 0 Å². The fraction of sp³-hybridized carbons (Fsp3) is 0.457. The molecule has 0 aliphatic heterocycles. The number of benzene rings is 3. The van der Waals surface area contributed by atoms with Crippen LogP contribution < -0.4 is 5.32 Å². The SMILES string of the molecule is CCCCCCCCCCCCCCNC(=O)c1cccc2c1C1c3ccccc3C2c2ccccc21. The van der Waals surface area contributed by atoms with Gasteiger partial charge in [0.2, 0.25) is 0 Å². The highest BCUT2D eigenvalue weighted by Crippen LogP contribution is 2.56. The van der Waals surface area contributed by atoms with Crippen LogP contribution in [0, 0.1) is 0 Å². The summed E-state index contributed by atoms with van der Waals surface area (Å²) in [4.78, 5) is 13.4. The van der Waals surface area contributed by atoms with Crippen LogP contribution >= 0.6 is 0 Å². The van der Waals surface area contributed by atoms with Crippen molar-refractivity contribution in [1.82, 2.24) is 5.32 Å². The predicted octanol–water partition coefficient (Wildman–Crippen LogP) is 9.10. The molecule has 194 valence electrons. The number of carbonyl (C=O) groups excluding carboxylic acids is 1. The lowest BCUT2D eigenvalue weighted by Crippen LogP contribution is -2.32. The van der Waals surface area contributed by atoms with E-state index < -0.39 is 0 Å². The van der Waals surface area contributed by atoms with Gasteiger partial charge in [0.05, 0.1) is 0 Å². The van der Waals surface area contributed by atoms with E-state index in [1.54, 1.807) is 0 Å². The number of rotatable bonds is 14. The van der Waals surface area contributed by atoms with Crippen LogP contribution in [0.5, 0.6) is 0 Å². The van der Waals surface area contributed by atoms with Gasteiger partial charge in [-0.3, -0.25) is 4.79 Å². The van der Waals surface area contributed by atoms with E-state index in [9.17, 15) is 4.79 Å². The summed E-state index contributed by atoms with van der Waals surface area (Å²) < 4.78 is 0. The van der Waals surface area contributed by atoms with E-state index in [0.717, 1.165) is 18.5 Å². The van der Waals surface area contributed by atoms with Crippen LogP contribution in [0.25, 0.3) is 0 Å². The second-order valence-corrected chi connectivity index (χ2v) is 11.1. The Morgan fingerprint density at radius 3 is 1.57 bits per heavy atom. The average molecular weight is 494 g/mol. The van der Waals surface area contributed by atoms with Crippen molar-refractivity contribution in [3.8, 4) is 0 Å². The first kappa shape index (κ1) is 25.8. The highest BCUT2D eigenvalue weighted by molar-refractivity contribution is 5.97. The van der Waals surface area contributed by atoms with E-state index in [0.29, 0.717) is 0 Å². The Morgan fingerprint density at radius 2 is 1.03 bits per heavy atom. The second kappa shape index (κ2) is 12.6. The van der Waals surface area contributed by atoms with Gasteiger partial charge < -0.3 is 5.32 Å². The molecular formula is C35H43NO. The molecule has 37 heavy (non-hydrogen) atoms. The smallest absolute Gasteiger partial charge is 0.251 e. The van der Waals surface area contributed by atoms with Gasteiger partial charge in [-0.2, -0.15) is 0 Å². The molecule has 0 atom stereocenters. The van der Waals surface area contributed by atoms with Crippen LogP contribution in [0.2, 0.25) is 0 Å². The minimum absolute atomic E-state index is 0.0856. The molecule has 0 aromatic heterocycles. The number of nitrogens with one attached hydrogen (secondary N) is 1. The van der Waals surface area contributed by atoms with Gasteiger partial charge in [-0.25, -0.2) is 0 Å². The molecule has 2 nitrogen and oxygen atoms in total. The van der Waals surface area contributed by atoms with Crippen molar-refractivity contribution < 1.29 is 4.79 Å². The average Bonchev–Trinajstić information content (AvgIpc) is 2.94. The Labute approximate surface area is 223 Å². The third kappa shape index (κ3) is 5.54. The Kier molecular flexibility index (Phi) is 8.76. The molecule has 0 spiro atoms. The summed E-state index contributed by atoms with van der Waals surface area (Å²) >= 11 is 0. The molecule has 6 rings (SSSR count). The Morgan fingerprint density at radius 1 is 0.568 bits per heavy atom. The molecule has 0 saturated carbocycles. The number of unbranched alkanes of at least 4 members (excludes halogenated alkanes) is 11. The lowest BCUT2D eigenvalue weighted by molar-refractivity contribution is 0.0951. The molecule has 3 aliphatic rings. The molecule has 0 unspecified atom stereocenters. The van der Waals surface area contributed by atoms with Crippen LogP contribution in [-0.2, 0) is 0 Å². The first-order valence-corrected chi connectivity index (χ1v) is 14.9. The van der Waals surface area contributed by atoms with Gasteiger partial charge in [0.1, 0.15) is 0 Å². The third-order valence-electron chi connectivity index (χ3n) is 8.54. The zero-order valence-corrected chi connectivity index (χ0v) is 22.6. The van der Waals surface area contributed by atoms with Crippen molar-refractivity contribution in [2.45, 2.75) is 95.8 Å². The predicted molar refractivity (Wildman–Crippen MR) is 155 cm³/mol. The molecule has 1 N–H and O–H groups in total. The van der Waals surface area contributed by atoms with Crippen LogP contribution in [0.3, 0.4) is 0 Å². The van der Waals surface area contributed by atoms with Crippen LogP contribution in [0.1, 0.15) is 140 Å². The summed E-state index contributed by atoms with van der Waals surface area (Å²) in [5.41, 5.74) is 8.90. The molecule has 3 aliphatic carbocycles. The van der Waals surface area contributed by atoms with E-state index >= 15 is 0 Å². The molecule has 0 radical (unpaired) electrons. The summed E-state index contributed by atoms with van der Waals surface area (Å²) in [6.45, 7) is 3.04. The Hall–Kier alpha value is -2.87. The summed E-state index contributed by atoms with van der Waals surface area (Å²) in [5, 5.41) is 3.25. The van der Waals surface area contributed by atoms with Gasteiger partial charge in [-0.15, -0.1) is 0 Å². The van der Waals surface area contributed by atoms with Gasteiger partial charge in [0.25, 0.3) is 5.91 Å². The minimum atomic E-state index is 0.0856. The van der Waals surface area contributed by atoms with E-state index in [2.05, 4.69) is 72.9 Å². The van der Waals surface area contributed by atoms with Crippen molar-refractivity contribution in [2.24, 2.45) is 0 Å². The van der Waals surface area contributed by atoms with E-state index in [1.165, 1.54) is 104 Å². The molecular weight excluding hydrogens is 450 g/mol. The summed E-state index contributed by atoms with van der Waals surface area (Å²) in [6, 6.07) is 24.0. The highest BCUT2D eigenvalue weighted by Gasteiger charge is 2.42. The van der Waals surface area contributed by atoms with Gasteiger partial charge in [0.15, 0.2) is 0 Å². The summed E-state index contributed by atoms with van der Waals surface area (Å²) in [5.74, 6) is 0.444. The number of carbonyl (C=O) groups is 1. The fourth-order valence-electron chi connectivity index (χ4n) is 6.67. The monoisotopic (exact) mass is 493 g/mol. The van der Waals surface area contributed by atoms with E-state index in [4.69, 9.17) is 0 Å². The first-order valence-electron chi connectivity index (χ1n) is 14.9. The number of amides is 1. The van der Waals surface area contributed by atoms with Crippen molar-refractivity contribution in [2.75, 3.05) is 6.54 Å². The first-order chi connectivity index (χ1) is 18.3. The van der Waals surface area contributed by atoms with E-state index in [1.807, 2.05) is 6.07 Å². The highest BCUT2D eigenvalue weighted by atomic mass is 16.1. The van der Waals surface area contributed by atoms with Gasteiger partial charge in [-0.05, 0) is 45.9 Å². The maximum atomic E-state index is 13.4. The largest absolute Gasteiger partial charge is 0.352 e. The van der Waals surface area contributed by atoms with E-state index in [-0.39, 0.29) is 17.7 Å². The zero-order valence-electron chi connectivity index (χ0n) is 22.6. The molecule has 0 saturated heterocycles. The van der Waals surface area contributed by atoms with Gasteiger partial charge >= 0.3 is 0 Å². The normalized spacial score (nSPS) is 16.7. The maximum Gasteiger partial charge on any atom is 0.251 e. The molecule has 1 amide bonds. The lowest BCUT2D eigenvalue weighted by atomic mass is 9.60. The number of hydrogen-bond acceptors (Lipinski definition) is 1. The fourth-order valence-corrected chi connectivity index (χ4v) is 6.67. The van der Waals surface area contributed by atoms with Gasteiger partial charge in [0, 0.05) is 23.9 Å². The third-order valence-corrected chi connectivity index (χ3v) is 8.54. The van der Waals surface area contributed by atoms with Gasteiger partial charge in [-0.1, -0.05) is 138 Å². The maximum absolute atomic E-state index is 13.4. The van der Waals surface area contributed by atoms with Crippen molar-refractivity contribution in [3.63, 3.8) is 0 Å². The summed E-state index contributed by atoms with van der Waals surface area (Å²) in [6.07, 6.45) is 16.0. The summed E-state index contributed by atoms with van der Waals surface area (Å²) in [7, 11) is 0. The standard InChI is InChI=1S/C35H43NO/c1-2-3-4-5-6-7-8-9-10-11-12-17-25-36-35(37)31-24-18-23-30-32-26-19-13-15-21-28(26)33(34(30)31)29-22-16-14-20-27(29)32/h13-16,18-24,32-33H,2-12,17,25H2,1H3,(H,36,37). The Balaban J connectivity index is 1.14. The molecule has 0 fully saturated rings. The van der Waals surface area contributed by atoms with Crippen molar-refractivity contribution in [3.05, 3.63) is 106 Å². The topological polar surface area (TPSA) is 29.1 Å². The van der Waals surface area contributed by atoms with Crippen molar-refractivity contribution >= 4 is 5.91 Å². The Bertz CT molecular complexity index is 1150. The lowest BCUT2D eigenvalue weighted by Gasteiger charge is -2.42. The molecule has 3 aromatic carbocycles. The van der Waals surface area contributed by atoms with Crippen LogP contribution in [0.15, 0.2) is 66.7 Å². The minimum Gasteiger partial charge on any atom is -0.352 e.